The first-order valence-corrected chi connectivity index (χ1v) is 4.27. The molecule has 0 aliphatic rings. The van der Waals surface area contributed by atoms with Gasteiger partial charge in [-0.3, -0.25) is 4.79 Å². The highest BCUT2D eigenvalue weighted by Gasteiger charge is 2.29. The van der Waals surface area contributed by atoms with E-state index in [1.54, 1.807) is 0 Å². The molecule has 0 bridgehead atoms. The number of hydrogen-bond donors (Lipinski definition) is 1. The van der Waals surface area contributed by atoms with Gasteiger partial charge in [-0.05, 0) is 12.1 Å². The van der Waals surface area contributed by atoms with E-state index in [1.165, 1.54) is 0 Å². The fourth-order valence-electron chi connectivity index (χ4n) is 1.16. The average Bonchev–Trinajstić information content (AvgIpc) is 2.15. The van der Waals surface area contributed by atoms with Crippen molar-refractivity contribution in [1.82, 2.24) is 0 Å². The van der Waals surface area contributed by atoms with Crippen molar-refractivity contribution in [2.24, 2.45) is 0 Å². The van der Waals surface area contributed by atoms with E-state index in [1.807, 2.05) is 0 Å². The maximum absolute atomic E-state index is 13.2. The Morgan fingerprint density at radius 1 is 1.31 bits per heavy atom. The number of carboxylic acids is 1. The highest BCUT2D eigenvalue weighted by Crippen LogP contribution is 2.24. The second-order valence-corrected chi connectivity index (χ2v) is 2.96. The van der Waals surface area contributed by atoms with Crippen molar-refractivity contribution in [2.45, 2.75) is 13.0 Å². The molecule has 0 heterocycles. The van der Waals surface area contributed by atoms with E-state index in [2.05, 4.69) is 4.74 Å². The monoisotopic (exact) mass is 230 g/mol. The first kappa shape index (κ1) is 12.1. The summed E-state index contributed by atoms with van der Waals surface area (Å²) in [4.78, 5) is 21.4. The van der Waals surface area contributed by atoms with Crippen LogP contribution >= 0.6 is 0 Å². The molecule has 0 radical (unpaired) electrons. The Bertz CT molecular complexity index is 411. The maximum atomic E-state index is 13.2. The zero-order valence-electron chi connectivity index (χ0n) is 8.24. The number of carbonyl (C=O) groups is 2. The lowest BCUT2D eigenvalue weighted by Gasteiger charge is -2.14. The third kappa shape index (κ3) is 2.53. The van der Waals surface area contributed by atoms with E-state index in [-0.39, 0.29) is 0 Å². The van der Waals surface area contributed by atoms with Gasteiger partial charge < -0.3 is 9.84 Å². The number of carbonyl (C=O) groups excluding carboxylic acids is 1. The summed E-state index contributed by atoms with van der Waals surface area (Å²) in [6.45, 7) is 0.953. The van der Waals surface area contributed by atoms with Crippen LogP contribution in [0.25, 0.3) is 0 Å². The summed E-state index contributed by atoms with van der Waals surface area (Å²) < 4.78 is 30.8. The number of carboxylic acid groups (broad SMARTS) is 1. The van der Waals surface area contributed by atoms with Gasteiger partial charge in [0, 0.05) is 6.92 Å². The Morgan fingerprint density at radius 3 is 2.19 bits per heavy atom. The standard InChI is InChI=1S/C10H8F2O4/c1-5(13)16-9(10(14)15)8-6(11)3-2-4-7(8)12/h2-4,9H,1H3,(H,14,15)/t9-/m1/s1. The summed E-state index contributed by atoms with van der Waals surface area (Å²) in [6, 6.07) is 2.86. The van der Waals surface area contributed by atoms with Gasteiger partial charge >= 0.3 is 11.9 Å². The van der Waals surface area contributed by atoms with E-state index >= 15 is 0 Å². The van der Waals surface area contributed by atoms with Gasteiger partial charge in [0.05, 0.1) is 5.56 Å². The molecule has 6 heteroatoms. The summed E-state index contributed by atoms with van der Waals surface area (Å²) >= 11 is 0. The summed E-state index contributed by atoms with van der Waals surface area (Å²) in [7, 11) is 0. The molecule has 86 valence electrons. The first-order chi connectivity index (χ1) is 7.43. The van der Waals surface area contributed by atoms with Crippen LogP contribution in [0.15, 0.2) is 18.2 Å². The minimum Gasteiger partial charge on any atom is -0.478 e. The van der Waals surface area contributed by atoms with E-state index in [0.717, 1.165) is 25.1 Å². The molecule has 0 unspecified atom stereocenters. The lowest BCUT2D eigenvalue weighted by atomic mass is 10.1. The van der Waals surface area contributed by atoms with Crippen molar-refractivity contribution in [2.75, 3.05) is 0 Å². The number of ether oxygens (including phenoxy) is 1. The Hall–Kier alpha value is -1.98. The molecule has 1 aromatic carbocycles. The highest BCUT2D eigenvalue weighted by atomic mass is 19.1. The quantitative estimate of drug-likeness (QED) is 0.802. The predicted molar refractivity (Wildman–Crippen MR) is 48.5 cm³/mol. The normalized spacial score (nSPS) is 11.9. The summed E-state index contributed by atoms with van der Waals surface area (Å²) in [5.74, 6) is -4.73. The number of esters is 1. The van der Waals surface area contributed by atoms with Crippen LogP contribution in [0.2, 0.25) is 0 Å². The van der Waals surface area contributed by atoms with Gasteiger partial charge in [0.25, 0.3) is 0 Å². The summed E-state index contributed by atoms with van der Waals surface area (Å²) in [5.41, 5.74) is -0.787. The molecule has 1 rings (SSSR count). The fourth-order valence-corrected chi connectivity index (χ4v) is 1.16. The lowest BCUT2D eigenvalue weighted by molar-refractivity contribution is -0.163. The second-order valence-electron chi connectivity index (χ2n) is 2.96. The smallest absolute Gasteiger partial charge is 0.350 e. The van der Waals surface area contributed by atoms with Crippen LogP contribution in [-0.2, 0) is 14.3 Å². The maximum Gasteiger partial charge on any atom is 0.350 e. The van der Waals surface area contributed by atoms with Crippen LogP contribution < -0.4 is 0 Å². The minimum absolute atomic E-state index is 0.787. The molecule has 1 aromatic rings. The molecule has 0 amide bonds. The number of halogens is 2. The van der Waals surface area contributed by atoms with Crippen LogP contribution in [0.5, 0.6) is 0 Å². The van der Waals surface area contributed by atoms with Crippen LogP contribution in [0.1, 0.15) is 18.6 Å². The molecule has 0 saturated heterocycles. The van der Waals surface area contributed by atoms with Crippen LogP contribution in [0.3, 0.4) is 0 Å². The molecule has 16 heavy (non-hydrogen) atoms. The SMILES string of the molecule is CC(=O)O[C@@H](C(=O)O)c1c(F)cccc1F. The van der Waals surface area contributed by atoms with Gasteiger partial charge in [-0.1, -0.05) is 6.07 Å². The lowest BCUT2D eigenvalue weighted by Crippen LogP contribution is -2.20. The zero-order valence-corrected chi connectivity index (χ0v) is 8.24. The average molecular weight is 230 g/mol. The van der Waals surface area contributed by atoms with E-state index in [9.17, 15) is 18.4 Å². The van der Waals surface area contributed by atoms with Crippen LogP contribution in [0.4, 0.5) is 8.78 Å². The van der Waals surface area contributed by atoms with Crippen molar-refractivity contribution in [3.63, 3.8) is 0 Å². The van der Waals surface area contributed by atoms with Gasteiger partial charge in [0.2, 0.25) is 6.10 Å². The van der Waals surface area contributed by atoms with Gasteiger partial charge in [-0.25, -0.2) is 13.6 Å². The first-order valence-electron chi connectivity index (χ1n) is 4.27. The van der Waals surface area contributed by atoms with Crippen molar-refractivity contribution >= 4 is 11.9 Å². The van der Waals surface area contributed by atoms with Crippen molar-refractivity contribution in [3.05, 3.63) is 35.4 Å². The highest BCUT2D eigenvalue weighted by molar-refractivity contribution is 5.78. The Kier molecular flexibility index (Phi) is 3.55. The zero-order chi connectivity index (χ0) is 12.3. The van der Waals surface area contributed by atoms with Crippen LogP contribution in [-0.4, -0.2) is 17.0 Å². The number of rotatable bonds is 3. The minimum atomic E-state index is -1.97. The van der Waals surface area contributed by atoms with Crippen molar-refractivity contribution < 1.29 is 28.2 Å². The Labute approximate surface area is 89.5 Å². The summed E-state index contributed by atoms with van der Waals surface area (Å²) in [5, 5.41) is 8.71. The molecule has 0 saturated carbocycles. The number of aliphatic carboxylic acids is 1. The third-order valence-corrected chi connectivity index (χ3v) is 1.77. The summed E-state index contributed by atoms with van der Waals surface area (Å²) in [6.07, 6.45) is -1.97. The second kappa shape index (κ2) is 4.69. The largest absolute Gasteiger partial charge is 0.478 e. The van der Waals surface area contributed by atoms with Gasteiger partial charge in [-0.2, -0.15) is 0 Å². The predicted octanol–water partition coefficient (Wildman–Crippen LogP) is 1.65. The third-order valence-electron chi connectivity index (χ3n) is 1.77. The molecule has 1 atom stereocenters. The van der Waals surface area contributed by atoms with E-state index in [0.29, 0.717) is 0 Å². The van der Waals surface area contributed by atoms with Gasteiger partial charge in [0.15, 0.2) is 0 Å². The molecule has 0 aliphatic heterocycles. The number of benzene rings is 1. The van der Waals surface area contributed by atoms with E-state index in [4.69, 9.17) is 5.11 Å². The van der Waals surface area contributed by atoms with Crippen molar-refractivity contribution in [1.29, 1.82) is 0 Å². The molecule has 0 aromatic heterocycles. The fraction of sp³-hybridized carbons (Fsp3) is 0.200. The molecule has 0 spiro atoms. The Morgan fingerprint density at radius 2 is 1.81 bits per heavy atom. The molecule has 4 nitrogen and oxygen atoms in total. The molecular formula is C10H8F2O4. The Balaban J connectivity index is 3.20. The molecular weight excluding hydrogens is 222 g/mol. The molecule has 0 fully saturated rings. The van der Waals surface area contributed by atoms with E-state index < -0.39 is 35.2 Å². The number of hydrogen-bond acceptors (Lipinski definition) is 3. The van der Waals surface area contributed by atoms with Crippen molar-refractivity contribution in [3.8, 4) is 0 Å². The molecule has 1 N–H and O–H groups in total. The van der Waals surface area contributed by atoms with Gasteiger partial charge in [-0.15, -0.1) is 0 Å². The van der Waals surface area contributed by atoms with Gasteiger partial charge in [0.1, 0.15) is 11.6 Å². The topological polar surface area (TPSA) is 63.6 Å². The molecule has 0 aliphatic carbocycles. The van der Waals surface area contributed by atoms with Crippen LogP contribution in [0, 0.1) is 11.6 Å².